The van der Waals surface area contributed by atoms with E-state index in [2.05, 4.69) is 20.6 Å². The maximum atomic E-state index is 11.8. The van der Waals surface area contributed by atoms with Gasteiger partial charge in [0.15, 0.2) is 5.13 Å². The average molecular weight is 320 g/mol. The molecule has 7 heteroatoms. The number of amides is 2. The molecule has 2 aromatic rings. The first kappa shape index (κ1) is 16.4. The van der Waals surface area contributed by atoms with Gasteiger partial charge in [0.25, 0.3) is 0 Å². The number of rotatable bonds is 5. The highest BCUT2D eigenvalue weighted by molar-refractivity contribution is 7.14. The van der Waals surface area contributed by atoms with Crippen molar-refractivity contribution >= 4 is 22.5 Å². The van der Waals surface area contributed by atoms with Gasteiger partial charge in [-0.25, -0.2) is 9.78 Å². The molecule has 0 spiro atoms. The van der Waals surface area contributed by atoms with E-state index < -0.39 is 5.60 Å². The minimum Gasteiger partial charge on any atom is -0.388 e. The summed E-state index contributed by atoms with van der Waals surface area (Å²) in [5.41, 5.74) is 0.721. The second kappa shape index (κ2) is 6.85. The van der Waals surface area contributed by atoms with Crippen LogP contribution < -0.4 is 10.6 Å². The lowest BCUT2D eigenvalue weighted by Crippen LogP contribution is -2.45. The van der Waals surface area contributed by atoms with E-state index in [-0.39, 0.29) is 18.5 Å². The third-order valence-corrected chi connectivity index (χ3v) is 4.29. The first-order valence-electron chi connectivity index (χ1n) is 7.01. The molecule has 2 amide bonds. The Bertz CT molecular complexity index is 625. The van der Waals surface area contributed by atoms with Crippen LogP contribution in [0.5, 0.6) is 0 Å². The monoisotopic (exact) mass is 320 g/mol. The van der Waals surface area contributed by atoms with Crippen LogP contribution in [0.4, 0.5) is 9.93 Å². The van der Waals surface area contributed by atoms with E-state index in [4.69, 9.17) is 0 Å². The number of carbonyl (C=O) groups is 1. The van der Waals surface area contributed by atoms with Crippen molar-refractivity contribution in [1.29, 1.82) is 0 Å². The summed E-state index contributed by atoms with van der Waals surface area (Å²) in [5.74, 6) is 0.0462. The molecule has 6 nitrogen and oxygen atoms in total. The summed E-state index contributed by atoms with van der Waals surface area (Å²) in [4.78, 5) is 20.2. The molecule has 0 aromatic carbocycles. The van der Waals surface area contributed by atoms with E-state index in [0.717, 1.165) is 11.3 Å². The number of carbonyl (C=O) groups excluding carboxylic acids is 1. The Labute approximate surface area is 133 Å². The quantitative estimate of drug-likeness (QED) is 0.790. The SMILES string of the molecule is CC(C)C(C)(O)CNC(=O)Nc1nc(-c2cccnc2)cs1. The molecule has 0 saturated heterocycles. The summed E-state index contributed by atoms with van der Waals surface area (Å²) in [5, 5.41) is 17.8. The standard InChI is InChI=1S/C15H20N4O2S/c1-10(2)15(3,21)9-17-13(20)19-14-18-12(8-22-14)11-5-4-6-16-7-11/h4-8,10,21H,9H2,1-3H3,(H2,17,18,19,20). The Kier molecular flexibility index (Phi) is 5.10. The Morgan fingerprint density at radius 2 is 2.27 bits per heavy atom. The molecule has 0 aliphatic heterocycles. The summed E-state index contributed by atoms with van der Waals surface area (Å²) in [6.07, 6.45) is 3.42. The molecule has 0 saturated carbocycles. The lowest BCUT2D eigenvalue weighted by Gasteiger charge is -2.27. The number of urea groups is 1. The van der Waals surface area contributed by atoms with Crippen LogP contribution in [0.15, 0.2) is 29.9 Å². The Hall–Kier alpha value is -1.99. The number of hydrogen-bond donors (Lipinski definition) is 3. The number of aliphatic hydroxyl groups is 1. The molecule has 22 heavy (non-hydrogen) atoms. The molecule has 1 unspecified atom stereocenters. The number of hydrogen-bond acceptors (Lipinski definition) is 5. The largest absolute Gasteiger partial charge is 0.388 e. The second-order valence-electron chi connectivity index (χ2n) is 5.60. The van der Waals surface area contributed by atoms with Gasteiger partial charge in [-0.3, -0.25) is 10.3 Å². The molecule has 3 N–H and O–H groups in total. The lowest BCUT2D eigenvalue weighted by molar-refractivity contribution is 0.0170. The molecule has 118 valence electrons. The van der Waals surface area contributed by atoms with Crippen molar-refractivity contribution < 1.29 is 9.90 Å². The van der Waals surface area contributed by atoms with Crippen molar-refractivity contribution in [3.63, 3.8) is 0 Å². The molecular formula is C15H20N4O2S. The number of nitrogens with zero attached hydrogens (tertiary/aromatic N) is 2. The zero-order valence-electron chi connectivity index (χ0n) is 12.8. The van der Waals surface area contributed by atoms with Gasteiger partial charge in [0.1, 0.15) is 0 Å². The van der Waals surface area contributed by atoms with Crippen LogP contribution in [-0.4, -0.2) is 33.3 Å². The van der Waals surface area contributed by atoms with Gasteiger partial charge in [-0.05, 0) is 25.0 Å². The molecule has 1 atom stereocenters. The zero-order valence-corrected chi connectivity index (χ0v) is 13.6. The minimum atomic E-state index is -0.943. The van der Waals surface area contributed by atoms with Crippen molar-refractivity contribution in [1.82, 2.24) is 15.3 Å². The summed E-state index contributed by atoms with van der Waals surface area (Å²) in [6, 6.07) is 3.36. The predicted molar refractivity (Wildman–Crippen MR) is 87.8 cm³/mol. The lowest BCUT2D eigenvalue weighted by atomic mass is 9.93. The van der Waals surface area contributed by atoms with E-state index in [9.17, 15) is 9.90 Å². The van der Waals surface area contributed by atoms with Gasteiger partial charge in [0, 0.05) is 29.9 Å². The first-order valence-corrected chi connectivity index (χ1v) is 7.89. The normalized spacial score (nSPS) is 13.7. The van der Waals surface area contributed by atoms with Crippen molar-refractivity contribution in [3.05, 3.63) is 29.9 Å². The molecule has 0 fully saturated rings. The molecule has 2 aromatic heterocycles. The summed E-state index contributed by atoms with van der Waals surface area (Å²) >= 11 is 1.34. The number of anilines is 1. The number of nitrogens with one attached hydrogen (secondary N) is 2. The van der Waals surface area contributed by atoms with Crippen LogP contribution >= 0.6 is 11.3 Å². The average Bonchev–Trinajstić information content (AvgIpc) is 2.94. The second-order valence-corrected chi connectivity index (χ2v) is 6.46. The van der Waals surface area contributed by atoms with Crippen molar-refractivity contribution in [2.24, 2.45) is 5.92 Å². The van der Waals surface area contributed by atoms with Crippen molar-refractivity contribution in [2.45, 2.75) is 26.4 Å². The summed E-state index contributed by atoms with van der Waals surface area (Å²) < 4.78 is 0. The van der Waals surface area contributed by atoms with Gasteiger partial charge in [-0.15, -0.1) is 11.3 Å². The van der Waals surface area contributed by atoms with Gasteiger partial charge in [0.05, 0.1) is 11.3 Å². The maximum absolute atomic E-state index is 11.8. The van der Waals surface area contributed by atoms with E-state index >= 15 is 0 Å². The highest BCUT2D eigenvalue weighted by atomic mass is 32.1. The minimum absolute atomic E-state index is 0.0462. The highest BCUT2D eigenvalue weighted by Crippen LogP contribution is 2.24. The van der Waals surface area contributed by atoms with E-state index in [1.54, 1.807) is 19.3 Å². The van der Waals surface area contributed by atoms with Gasteiger partial charge in [0.2, 0.25) is 0 Å². The topological polar surface area (TPSA) is 87.1 Å². The predicted octanol–water partition coefficient (Wildman–Crippen LogP) is 2.73. The highest BCUT2D eigenvalue weighted by Gasteiger charge is 2.25. The number of aromatic nitrogens is 2. The van der Waals surface area contributed by atoms with Crippen molar-refractivity contribution in [2.75, 3.05) is 11.9 Å². The smallest absolute Gasteiger partial charge is 0.321 e. The maximum Gasteiger partial charge on any atom is 0.321 e. The molecule has 0 aliphatic rings. The third kappa shape index (κ3) is 4.25. The number of pyridine rings is 1. The zero-order chi connectivity index (χ0) is 16.2. The summed E-state index contributed by atoms with van der Waals surface area (Å²) in [7, 11) is 0. The molecule has 0 bridgehead atoms. The van der Waals surface area contributed by atoms with Crippen LogP contribution in [0.1, 0.15) is 20.8 Å². The van der Waals surface area contributed by atoms with Gasteiger partial charge < -0.3 is 10.4 Å². The Balaban J connectivity index is 1.92. The van der Waals surface area contributed by atoms with Crippen LogP contribution in [-0.2, 0) is 0 Å². The van der Waals surface area contributed by atoms with E-state index in [1.807, 2.05) is 31.4 Å². The number of thiazole rings is 1. The molecule has 0 aliphatic carbocycles. The Morgan fingerprint density at radius 3 is 2.91 bits per heavy atom. The molecule has 0 radical (unpaired) electrons. The van der Waals surface area contributed by atoms with Crippen LogP contribution in [0.2, 0.25) is 0 Å². The van der Waals surface area contributed by atoms with Crippen molar-refractivity contribution in [3.8, 4) is 11.3 Å². The van der Waals surface area contributed by atoms with Gasteiger partial charge in [-0.1, -0.05) is 13.8 Å². The third-order valence-electron chi connectivity index (χ3n) is 3.53. The first-order chi connectivity index (χ1) is 10.4. The fraction of sp³-hybridized carbons (Fsp3) is 0.400. The fourth-order valence-electron chi connectivity index (χ4n) is 1.58. The van der Waals surface area contributed by atoms with Crippen LogP contribution in [0, 0.1) is 5.92 Å². The Morgan fingerprint density at radius 1 is 1.50 bits per heavy atom. The fourth-order valence-corrected chi connectivity index (χ4v) is 2.30. The molecule has 2 rings (SSSR count). The van der Waals surface area contributed by atoms with Gasteiger partial charge >= 0.3 is 6.03 Å². The van der Waals surface area contributed by atoms with E-state index in [0.29, 0.717) is 5.13 Å². The van der Waals surface area contributed by atoms with E-state index in [1.165, 1.54) is 11.3 Å². The molecular weight excluding hydrogens is 300 g/mol. The molecule has 2 heterocycles. The van der Waals surface area contributed by atoms with Crippen LogP contribution in [0.3, 0.4) is 0 Å². The van der Waals surface area contributed by atoms with Crippen LogP contribution in [0.25, 0.3) is 11.3 Å². The van der Waals surface area contributed by atoms with Gasteiger partial charge in [-0.2, -0.15) is 0 Å². The summed E-state index contributed by atoms with van der Waals surface area (Å²) in [6.45, 7) is 5.68.